The Morgan fingerprint density at radius 1 is 1.26 bits per heavy atom. The Balaban J connectivity index is 1.80. The van der Waals surface area contributed by atoms with Crippen molar-refractivity contribution in [3.63, 3.8) is 0 Å². The molecule has 0 bridgehead atoms. The normalized spacial score (nSPS) is 23.2. The summed E-state index contributed by atoms with van der Waals surface area (Å²) in [6.45, 7) is 1.54. The van der Waals surface area contributed by atoms with E-state index in [4.69, 9.17) is 11.6 Å². The molecule has 0 aliphatic heterocycles. The molecule has 0 saturated heterocycles. The van der Waals surface area contributed by atoms with E-state index < -0.39 is 5.97 Å². The summed E-state index contributed by atoms with van der Waals surface area (Å²) < 4.78 is 0. The number of aliphatic carboxylic acids is 1. The molecule has 0 radical (unpaired) electrons. The number of hydrogen-bond donors (Lipinski definition) is 2. The minimum atomic E-state index is -0.641. The summed E-state index contributed by atoms with van der Waals surface area (Å²) in [5.74, 6) is -0.553. The Morgan fingerprint density at radius 2 is 1.95 bits per heavy atom. The lowest BCUT2D eigenvalue weighted by atomic mass is 9.79. The fourth-order valence-corrected chi connectivity index (χ4v) is 2.91. The first kappa shape index (κ1) is 14.4. The predicted molar refractivity (Wildman–Crippen MR) is 76.2 cm³/mol. The molecule has 1 aromatic carbocycles. The minimum Gasteiger partial charge on any atom is -0.481 e. The molecule has 104 valence electrons. The number of carbonyl (C=O) groups is 1. The Morgan fingerprint density at radius 3 is 2.63 bits per heavy atom. The van der Waals surface area contributed by atoms with Crippen molar-refractivity contribution in [2.75, 3.05) is 6.54 Å². The zero-order valence-electron chi connectivity index (χ0n) is 10.9. The van der Waals surface area contributed by atoms with Gasteiger partial charge in [-0.3, -0.25) is 4.79 Å². The van der Waals surface area contributed by atoms with E-state index >= 15 is 0 Å². The lowest BCUT2D eigenvalue weighted by molar-refractivity contribution is -0.144. The molecule has 19 heavy (non-hydrogen) atoms. The third-order valence-electron chi connectivity index (χ3n) is 3.88. The number of carboxylic acid groups (broad SMARTS) is 1. The van der Waals surface area contributed by atoms with Gasteiger partial charge < -0.3 is 10.4 Å². The molecule has 2 N–H and O–H groups in total. The van der Waals surface area contributed by atoms with Crippen LogP contribution in [0.15, 0.2) is 24.3 Å². The maximum atomic E-state index is 11.2. The SMILES string of the molecule is O=C(O)C1CCCCC1CNCc1ccc(Cl)cc1. The van der Waals surface area contributed by atoms with Crippen molar-refractivity contribution in [3.05, 3.63) is 34.9 Å². The molecule has 1 saturated carbocycles. The number of hydrogen-bond acceptors (Lipinski definition) is 2. The van der Waals surface area contributed by atoms with E-state index in [-0.39, 0.29) is 11.8 Å². The van der Waals surface area contributed by atoms with Gasteiger partial charge in [0.15, 0.2) is 0 Å². The third kappa shape index (κ3) is 4.22. The van der Waals surface area contributed by atoms with Gasteiger partial charge in [-0.25, -0.2) is 0 Å². The number of benzene rings is 1. The molecular formula is C15H20ClNO2. The molecule has 3 nitrogen and oxygen atoms in total. The van der Waals surface area contributed by atoms with Crippen LogP contribution in [-0.4, -0.2) is 17.6 Å². The van der Waals surface area contributed by atoms with E-state index in [0.29, 0.717) is 0 Å². The van der Waals surface area contributed by atoms with E-state index in [1.165, 1.54) is 5.56 Å². The number of halogens is 1. The molecule has 1 aliphatic carbocycles. The van der Waals surface area contributed by atoms with Crippen molar-refractivity contribution in [3.8, 4) is 0 Å². The summed E-state index contributed by atoms with van der Waals surface area (Å²) >= 11 is 5.84. The van der Waals surface area contributed by atoms with Gasteiger partial charge in [0.25, 0.3) is 0 Å². The van der Waals surface area contributed by atoms with Crippen molar-refractivity contribution >= 4 is 17.6 Å². The van der Waals surface area contributed by atoms with Crippen LogP contribution in [0.3, 0.4) is 0 Å². The molecule has 2 atom stereocenters. The van der Waals surface area contributed by atoms with Crippen LogP contribution < -0.4 is 5.32 Å². The van der Waals surface area contributed by atoms with Crippen LogP contribution in [0.5, 0.6) is 0 Å². The molecule has 1 fully saturated rings. The monoisotopic (exact) mass is 281 g/mol. The highest BCUT2D eigenvalue weighted by molar-refractivity contribution is 6.30. The second-order valence-electron chi connectivity index (χ2n) is 5.25. The summed E-state index contributed by atoms with van der Waals surface area (Å²) in [6, 6.07) is 7.73. The molecule has 0 amide bonds. The highest BCUT2D eigenvalue weighted by Crippen LogP contribution is 2.29. The minimum absolute atomic E-state index is 0.175. The molecule has 0 aromatic heterocycles. The van der Waals surface area contributed by atoms with Crippen molar-refractivity contribution in [1.29, 1.82) is 0 Å². The first-order valence-corrected chi connectivity index (χ1v) is 7.22. The second-order valence-corrected chi connectivity index (χ2v) is 5.68. The molecule has 2 unspecified atom stereocenters. The highest BCUT2D eigenvalue weighted by atomic mass is 35.5. The molecule has 4 heteroatoms. The molecule has 1 aromatic rings. The predicted octanol–water partition coefficient (Wildman–Crippen LogP) is 3.32. The lowest BCUT2D eigenvalue weighted by Crippen LogP contribution is -2.34. The first-order chi connectivity index (χ1) is 9.16. The summed E-state index contributed by atoms with van der Waals surface area (Å²) in [7, 11) is 0. The van der Waals surface area contributed by atoms with Gasteiger partial charge in [-0.1, -0.05) is 36.6 Å². The summed E-state index contributed by atoms with van der Waals surface area (Å²) in [4.78, 5) is 11.2. The van der Waals surface area contributed by atoms with Crippen molar-refractivity contribution in [2.45, 2.75) is 32.2 Å². The Labute approximate surface area is 119 Å². The fraction of sp³-hybridized carbons (Fsp3) is 0.533. The second kappa shape index (κ2) is 6.92. The number of nitrogens with one attached hydrogen (secondary N) is 1. The molecule has 0 heterocycles. The van der Waals surface area contributed by atoms with E-state index in [0.717, 1.165) is 43.8 Å². The van der Waals surface area contributed by atoms with Crippen LogP contribution in [0.1, 0.15) is 31.2 Å². The van der Waals surface area contributed by atoms with Gasteiger partial charge in [0.2, 0.25) is 0 Å². The first-order valence-electron chi connectivity index (χ1n) is 6.85. The number of rotatable bonds is 5. The largest absolute Gasteiger partial charge is 0.481 e. The Kier molecular flexibility index (Phi) is 5.23. The topological polar surface area (TPSA) is 49.3 Å². The van der Waals surface area contributed by atoms with Crippen LogP contribution >= 0.6 is 11.6 Å². The van der Waals surface area contributed by atoms with Crippen LogP contribution in [0.4, 0.5) is 0 Å². The van der Waals surface area contributed by atoms with Gasteiger partial charge >= 0.3 is 5.97 Å². The maximum Gasteiger partial charge on any atom is 0.306 e. The Bertz CT molecular complexity index is 419. The van der Waals surface area contributed by atoms with Crippen LogP contribution in [0.2, 0.25) is 5.02 Å². The summed E-state index contributed by atoms with van der Waals surface area (Å²) in [5.41, 5.74) is 1.17. The molecular weight excluding hydrogens is 262 g/mol. The highest BCUT2D eigenvalue weighted by Gasteiger charge is 2.30. The zero-order chi connectivity index (χ0) is 13.7. The van der Waals surface area contributed by atoms with Crippen molar-refractivity contribution in [1.82, 2.24) is 5.32 Å². The van der Waals surface area contributed by atoms with E-state index in [2.05, 4.69) is 5.32 Å². The van der Waals surface area contributed by atoms with Crippen molar-refractivity contribution < 1.29 is 9.90 Å². The number of carboxylic acids is 1. The van der Waals surface area contributed by atoms with Gasteiger partial charge in [0.05, 0.1) is 5.92 Å². The van der Waals surface area contributed by atoms with Crippen molar-refractivity contribution in [2.24, 2.45) is 11.8 Å². The summed E-state index contributed by atoms with van der Waals surface area (Å²) in [6.07, 6.45) is 4.04. The van der Waals surface area contributed by atoms with Crippen LogP contribution in [-0.2, 0) is 11.3 Å². The van der Waals surface area contributed by atoms with Gasteiger partial charge in [0.1, 0.15) is 0 Å². The lowest BCUT2D eigenvalue weighted by Gasteiger charge is -2.28. The molecule has 2 rings (SSSR count). The van der Waals surface area contributed by atoms with E-state index in [9.17, 15) is 9.90 Å². The smallest absolute Gasteiger partial charge is 0.306 e. The molecule has 0 spiro atoms. The van der Waals surface area contributed by atoms with Gasteiger partial charge in [-0.15, -0.1) is 0 Å². The van der Waals surface area contributed by atoms with Crippen LogP contribution in [0.25, 0.3) is 0 Å². The van der Waals surface area contributed by atoms with Gasteiger partial charge in [0, 0.05) is 11.6 Å². The summed E-state index contributed by atoms with van der Waals surface area (Å²) in [5, 5.41) is 13.3. The Hall–Kier alpha value is -1.06. The zero-order valence-corrected chi connectivity index (χ0v) is 11.7. The fourth-order valence-electron chi connectivity index (χ4n) is 2.78. The quantitative estimate of drug-likeness (QED) is 0.870. The van der Waals surface area contributed by atoms with Gasteiger partial charge in [-0.05, 0) is 43.0 Å². The van der Waals surface area contributed by atoms with Gasteiger partial charge in [-0.2, -0.15) is 0 Å². The average Bonchev–Trinajstić information content (AvgIpc) is 2.41. The average molecular weight is 282 g/mol. The van der Waals surface area contributed by atoms with E-state index in [1.54, 1.807) is 0 Å². The van der Waals surface area contributed by atoms with E-state index in [1.807, 2.05) is 24.3 Å². The molecule has 1 aliphatic rings. The van der Waals surface area contributed by atoms with Crippen LogP contribution in [0, 0.1) is 11.8 Å². The maximum absolute atomic E-state index is 11.2. The third-order valence-corrected chi connectivity index (χ3v) is 4.13. The standard InChI is InChI=1S/C15H20ClNO2/c16-13-7-5-11(6-8-13)9-17-10-12-3-1-2-4-14(12)15(18)19/h5-8,12,14,17H,1-4,9-10H2,(H,18,19).